The molecular formula is C21H25N5. The Balaban J connectivity index is 1.86. The van der Waals surface area contributed by atoms with Gasteiger partial charge in [0.15, 0.2) is 0 Å². The lowest BCUT2D eigenvalue weighted by atomic mass is 10.0. The van der Waals surface area contributed by atoms with Crippen LogP contribution in [-0.2, 0) is 6.42 Å². The molecule has 134 valence electrons. The molecule has 1 aliphatic carbocycles. The van der Waals surface area contributed by atoms with Gasteiger partial charge in [0.05, 0.1) is 11.9 Å². The maximum Gasteiger partial charge on any atom is 0.132 e. The van der Waals surface area contributed by atoms with Crippen molar-refractivity contribution in [1.82, 2.24) is 25.3 Å². The van der Waals surface area contributed by atoms with Gasteiger partial charge in [-0.2, -0.15) is 0 Å². The van der Waals surface area contributed by atoms with E-state index in [9.17, 15) is 0 Å². The summed E-state index contributed by atoms with van der Waals surface area (Å²) in [6.07, 6.45) is 7.75. The summed E-state index contributed by atoms with van der Waals surface area (Å²) < 4.78 is 0. The predicted octanol–water partition coefficient (Wildman–Crippen LogP) is 3.86. The van der Waals surface area contributed by atoms with Gasteiger partial charge in [0.25, 0.3) is 0 Å². The van der Waals surface area contributed by atoms with Crippen LogP contribution in [0.15, 0.2) is 25.0 Å². The molecule has 0 amide bonds. The third-order valence-corrected chi connectivity index (χ3v) is 5.42. The van der Waals surface area contributed by atoms with Crippen molar-refractivity contribution in [3.05, 3.63) is 47.7 Å². The van der Waals surface area contributed by atoms with Gasteiger partial charge in [0.2, 0.25) is 0 Å². The molecular weight excluding hydrogens is 322 g/mol. The minimum Gasteiger partial charge on any atom is -0.358 e. The standard InChI is InChI=1S/C21H25N5/c1-5-14-13(3)19(25-17(14)7-8-22-4)15-6-9-23-18-11-24-21(26-20(15)18)16-10-12(16)2/h5-6,9,11-12,16,22,25H,1,7-8,10H2,2-4H3. The SMILES string of the molecule is C=Cc1c(CCNC)[nH]c(-c2ccnc3cnc(C4CC4C)nc23)c1C. The molecule has 5 heteroatoms. The highest BCUT2D eigenvalue weighted by Gasteiger charge is 2.36. The van der Waals surface area contributed by atoms with E-state index < -0.39 is 0 Å². The average Bonchev–Trinajstić information content (AvgIpc) is 3.30. The first-order chi connectivity index (χ1) is 12.6. The molecule has 26 heavy (non-hydrogen) atoms. The minimum absolute atomic E-state index is 0.493. The van der Waals surface area contributed by atoms with Gasteiger partial charge in [-0.05, 0) is 43.5 Å². The number of hydrogen-bond donors (Lipinski definition) is 2. The van der Waals surface area contributed by atoms with Gasteiger partial charge < -0.3 is 10.3 Å². The fourth-order valence-electron chi connectivity index (χ4n) is 3.68. The Bertz CT molecular complexity index is 972. The molecule has 2 unspecified atom stereocenters. The number of pyridine rings is 1. The quantitative estimate of drug-likeness (QED) is 0.711. The molecule has 3 heterocycles. The Hall–Kier alpha value is -2.53. The molecule has 3 aromatic heterocycles. The van der Waals surface area contributed by atoms with E-state index in [-0.39, 0.29) is 0 Å². The number of likely N-dealkylation sites (N-methyl/N-ethyl adjacent to an activating group) is 1. The first-order valence-corrected chi connectivity index (χ1v) is 9.24. The van der Waals surface area contributed by atoms with Gasteiger partial charge in [-0.3, -0.25) is 4.98 Å². The summed E-state index contributed by atoms with van der Waals surface area (Å²) in [6, 6.07) is 2.04. The highest BCUT2D eigenvalue weighted by atomic mass is 14.9. The van der Waals surface area contributed by atoms with Crippen molar-refractivity contribution in [1.29, 1.82) is 0 Å². The minimum atomic E-state index is 0.493. The lowest BCUT2D eigenvalue weighted by molar-refractivity contribution is 0.779. The van der Waals surface area contributed by atoms with Crippen LogP contribution in [-0.4, -0.2) is 33.5 Å². The Morgan fingerprint density at radius 2 is 2.19 bits per heavy atom. The molecule has 2 N–H and O–H groups in total. The molecule has 1 aliphatic rings. The Labute approximate surface area is 154 Å². The van der Waals surface area contributed by atoms with Crippen LogP contribution in [0.25, 0.3) is 28.4 Å². The number of nitrogens with one attached hydrogen (secondary N) is 2. The zero-order chi connectivity index (χ0) is 18.3. The molecule has 0 radical (unpaired) electrons. The molecule has 5 nitrogen and oxygen atoms in total. The van der Waals surface area contributed by atoms with E-state index in [1.807, 2.05) is 31.6 Å². The zero-order valence-corrected chi connectivity index (χ0v) is 15.6. The second kappa shape index (κ2) is 6.65. The third kappa shape index (κ3) is 2.82. The molecule has 0 aliphatic heterocycles. The van der Waals surface area contributed by atoms with Crippen molar-refractivity contribution >= 4 is 17.1 Å². The predicted molar refractivity (Wildman–Crippen MR) is 106 cm³/mol. The van der Waals surface area contributed by atoms with Crippen LogP contribution in [0.4, 0.5) is 0 Å². The van der Waals surface area contributed by atoms with Crippen LogP contribution in [0.3, 0.4) is 0 Å². The van der Waals surface area contributed by atoms with Crippen LogP contribution in [0.5, 0.6) is 0 Å². The van der Waals surface area contributed by atoms with Gasteiger partial charge in [0, 0.05) is 36.3 Å². The maximum atomic E-state index is 4.90. The lowest BCUT2D eigenvalue weighted by Gasteiger charge is -2.07. The first kappa shape index (κ1) is 16.9. The number of nitrogens with zero attached hydrogens (tertiary/aromatic N) is 3. The topological polar surface area (TPSA) is 66.5 Å². The summed E-state index contributed by atoms with van der Waals surface area (Å²) in [7, 11) is 1.97. The zero-order valence-electron chi connectivity index (χ0n) is 15.6. The van der Waals surface area contributed by atoms with E-state index in [1.165, 1.54) is 23.2 Å². The van der Waals surface area contributed by atoms with Gasteiger partial charge in [-0.1, -0.05) is 19.6 Å². The smallest absolute Gasteiger partial charge is 0.132 e. The summed E-state index contributed by atoms with van der Waals surface area (Å²) >= 11 is 0. The second-order valence-corrected chi connectivity index (χ2v) is 7.21. The summed E-state index contributed by atoms with van der Waals surface area (Å²) in [5.74, 6) is 2.12. The number of aromatic amines is 1. The van der Waals surface area contributed by atoms with Crippen molar-refractivity contribution in [3.8, 4) is 11.3 Å². The summed E-state index contributed by atoms with van der Waals surface area (Å²) in [5.41, 5.74) is 7.55. The molecule has 0 bridgehead atoms. The van der Waals surface area contributed by atoms with E-state index in [2.05, 4.69) is 40.7 Å². The van der Waals surface area contributed by atoms with E-state index in [4.69, 9.17) is 4.98 Å². The van der Waals surface area contributed by atoms with Crippen molar-refractivity contribution in [2.75, 3.05) is 13.6 Å². The molecule has 4 rings (SSSR count). The summed E-state index contributed by atoms with van der Waals surface area (Å²) in [6.45, 7) is 9.32. The average molecular weight is 347 g/mol. The second-order valence-electron chi connectivity index (χ2n) is 7.21. The van der Waals surface area contributed by atoms with E-state index in [0.717, 1.165) is 41.1 Å². The number of fused-ring (bicyclic) bond motifs is 1. The van der Waals surface area contributed by atoms with Crippen molar-refractivity contribution in [3.63, 3.8) is 0 Å². The van der Waals surface area contributed by atoms with Crippen molar-refractivity contribution in [2.45, 2.75) is 32.6 Å². The van der Waals surface area contributed by atoms with Crippen molar-refractivity contribution < 1.29 is 0 Å². The summed E-state index contributed by atoms with van der Waals surface area (Å²) in [4.78, 5) is 17.5. The Morgan fingerprint density at radius 1 is 1.38 bits per heavy atom. The number of H-pyrrole nitrogens is 1. The molecule has 1 saturated carbocycles. The monoisotopic (exact) mass is 347 g/mol. The summed E-state index contributed by atoms with van der Waals surface area (Å²) in [5, 5.41) is 3.21. The molecule has 2 atom stereocenters. The molecule has 1 fully saturated rings. The van der Waals surface area contributed by atoms with Crippen LogP contribution in [0.2, 0.25) is 0 Å². The fraction of sp³-hybridized carbons (Fsp3) is 0.381. The molecule has 0 spiro atoms. The van der Waals surface area contributed by atoms with Gasteiger partial charge in [-0.15, -0.1) is 0 Å². The van der Waals surface area contributed by atoms with Gasteiger partial charge in [0.1, 0.15) is 16.9 Å². The van der Waals surface area contributed by atoms with Gasteiger partial charge >= 0.3 is 0 Å². The number of rotatable bonds is 6. The molecule has 0 aromatic carbocycles. The van der Waals surface area contributed by atoms with Crippen LogP contribution < -0.4 is 5.32 Å². The lowest BCUT2D eigenvalue weighted by Crippen LogP contribution is -2.11. The number of aromatic nitrogens is 4. The normalized spacial score (nSPS) is 19.0. The van der Waals surface area contributed by atoms with Crippen LogP contribution >= 0.6 is 0 Å². The molecule has 3 aromatic rings. The highest BCUT2D eigenvalue weighted by Crippen LogP contribution is 2.45. The highest BCUT2D eigenvalue weighted by molar-refractivity contribution is 5.91. The molecule has 0 saturated heterocycles. The van der Waals surface area contributed by atoms with Crippen molar-refractivity contribution in [2.24, 2.45) is 5.92 Å². The van der Waals surface area contributed by atoms with Crippen LogP contribution in [0.1, 0.15) is 41.9 Å². The Kier molecular flexibility index (Phi) is 4.32. The maximum absolute atomic E-state index is 4.90. The number of hydrogen-bond acceptors (Lipinski definition) is 4. The van der Waals surface area contributed by atoms with E-state index in [1.54, 1.807) is 0 Å². The Morgan fingerprint density at radius 3 is 2.88 bits per heavy atom. The first-order valence-electron chi connectivity index (χ1n) is 9.24. The van der Waals surface area contributed by atoms with E-state index in [0.29, 0.717) is 11.8 Å². The third-order valence-electron chi connectivity index (χ3n) is 5.42. The van der Waals surface area contributed by atoms with Gasteiger partial charge in [-0.25, -0.2) is 9.97 Å². The largest absolute Gasteiger partial charge is 0.358 e. The van der Waals surface area contributed by atoms with E-state index >= 15 is 0 Å². The fourth-order valence-corrected chi connectivity index (χ4v) is 3.68. The van der Waals surface area contributed by atoms with Crippen LogP contribution in [0, 0.1) is 12.8 Å².